The van der Waals surface area contributed by atoms with Crippen molar-refractivity contribution in [3.05, 3.63) is 24.0 Å². The van der Waals surface area contributed by atoms with Crippen LogP contribution in [0.25, 0.3) is 0 Å². The number of rotatable bonds is 14. The van der Waals surface area contributed by atoms with Gasteiger partial charge >= 0.3 is 0 Å². The average molecular weight is 292 g/mol. The SMILES string of the molecule is CCCCCCCCCCCCn1ccc(CCCC)c1. The zero-order chi connectivity index (χ0) is 15.2. The second-order valence-corrected chi connectivity index (χ2v) is 6.54. The third kappa shape index (κ3) is 9.77. The lowest BCUT2D eigenvalue weighted by molar-refractivity contribution is 0.535. The highest BCUT2D eigenvalue weighted by Gasteiger charge is 1.97. The van der Waals surface area contributed by atoms with E-state index in [4.69, 9.17) is 0 Å². The normalized spacial score (nSPS) is 11.1. The molecule has 0 aliphatic heterocycles. The number of hydrogen-bond acceptors (Lipinski definition) is 0. The van der Waals surface area contributed by atoms with Crippen LogP contribution in [-0.4, -0.2) is 4.57 Å². The summed E-state index contributed by atoms with van der Waals surface area (Å²) in [5, 5.41) is 0. The Morgan fingerprint density at radius 1 is 0.714 bits per heavy atom. The van der Waals surface area contributed by atoms with Gasteiger partial charge in [0, 0.05) is 18.9 Å². The first-order valence-corrected chi connectivity index (χ1v) is 9.51. The lowest BCUT2D eigenvalue weighted by atomic mass is 10.1. The smallest absolute Gasteiger partial charge is 0.0219 e. The molecule has 0 amide bonds. The van der Waals surface area contributed by atoms with Gasteiger partial charge in [-0.3, -0.25) is 0 Å². The van der Waals surface area contributed by atoms with Gasteiger partial charge in [-0.25, -0.2) is 0 Å². The molecule has 0 N–H and O–H groups in total. The molecule has 1 aromatic rings. The minimum absolute atomic E-state index is 1.21. The van der Waals surface area contributed by atoms with Crippen molar-refractivity contribution >= 4 is 0 Å². The van der Waals surface area contributed by atoms with Crippen LogP contribution in [0.15, 0.2) is 18.5 Å². The van der Waals surface area contributed by atoms with E-state index in [1.54, 1.807) is 0 Å². The fourth-order valence-corrected chi connectivity index (χ4v) is 2.94. The minimum Gasteiger partial charge on any atom is -0.354 e. The molecule has 122 valence electrons. The van der Waals surface area contributed by atoms with E-state index in [9.17, 15) is 0 Å². The maximum Gasteiger partial charge on any atom is 0.0219 e. The zero-order valence-electron chi connectivity index (χ0n) is 14.6. The summed E-state index contributed by atoms with van der Waals surface area (Å²) >= 11 is 0. The molecule has 0 radical (unpaired) electrons. The minimum atomic E-state index is 1.21. The number of aryl methyl sites for hydroxylation is 2. The van der Waals surface area contributed by atoms with Crippen molar-refractivity contribution in [1.29, 1.82) is 0 Å². The van der Waals surface area contributed by atoms with E-state index < -0.39 is 0 Å². The molecule has 0 atom stereocenters. The molecule has 0 saturated carbocycles. The van der Waals surface area contributed by atoms with Gasteiger partial charge in [0.15, 0.2) is 0 Å². The summed E-state index contributed by atoms with van der Waals surface area (Å²) in [6.45, 7) is 5.76. The maximum atomic E-state index is 2.38. The first-order valence-electron chi connectivity index (χ1n) is 9.51. The average Bonchev–Trinajstić information content (AvgIpc) is 2.95. The van der Waals surface area contributed by atoms with E-state index in [1.165, 1.54) is 95.6 Å². The summed E-state index contributed by atoms with van der Waals surface area (Å²) in [7, 11) is 0. The molecule has 0 unspecified atom stereocenters. The fraction of sp³-hybridized carbons (Fsp3) is 0.800. The zero-order valence-corrected chi connectivity index (χ0v) is 14.6. The molecule has 0 aromatic carbocycles. The van der Waals surface area contributed by atoms with Gasteiger partial charge in [-0.1, -0.05) is 78.1 Å². The second-order valence-electron chi connectivity index (χ2n) is 6.54. The third-order valence-corrected chi connectivity index (χ3v) is 4.40. The molecule has 0 fully saturated rings. The highest BCUT2D eigenvalue weighted by molar-refractivity contribution is 5.10. The van der Waals surface area contributed by atoms with Crippen molar-refractivity contribution in [3.8, 4) is 0 Å². The molecule has 0 aliphatic rings. The van der Waals surface area contributed by atoms with Gasteiger partial charge in [-0.2, -0.15) is 0 Å². The highest BCUT2D eigenvalue weighted by Crippen LogP contribution is 2.12. The van der Waals surface area contributed by atoms with Crippen LogP contribution in [0.1, 0.15) is 96.5 Å². The number of aromatic nitrogens is 1. The number of hydrogen-bond donors (Lipinski definition) is 0. The summed E-state index contributed by atoms with van der Waals surface area (Å²) in [6.07, 6.45) is 22.7. The van der Waals surface area contributed by atoms with Crippen LogP contribution in [0.3, 0.4) is 0 Å². The van der Waals surface area contributed by atoms with Crippen LogP contribution in [0, 0.1) is 0 Å². The largest absolute Gasteiger partial charge is 0.354 e. The molecular weight excluding hydrogens is 254 g/mol. The Labute approximate surface area is 133 Å². The molecule has 1 rings (SSSR count). The summed E-state index contributed by atoms with van der Waals surface area (Å²) in [6, 6.07) is 2.30. The van der Waals surface area contributed by atoms with Gasteiger partial charge in [-0.15, -0.1) is 0 Å². The Hall–Kier alpha value is -0.720. The van der Waals surface area contributed by atoms with Crippen LogP contribution in [0.4, 0.5) is 0 Å². The van der Waals surface area contributed by atoms with Crippen LogP contribution in [0.2, 0.25) is 0 Å². The van der Waals surface area contributed by atoms with Gasteiger partial charge in [-0.05, 0) is 30.9 Å². The van der Waals surface area contributed by atoms with Gasteiger partial charge in [0.05, 0.1) is 0 Å². The standard InChI is InChI=1S/C20H37N/c1-3-5-7-8-9-10-11-12-13-14-17-21-18-16-20(19-21)15-6-4-2/h16,18-19H,3-15,17H2,1-2H3. The molecular formula is C20H37N. The predicted molar refractivity (Wildman–Crippen MR) is 94.9 cm³/mol. The molecule has 1 aromatic heterocycles. The van der Waals surface area contributed by atoms with Crippen molar-refractivity contribution in [2.45, 2.75) is 104 Å². The molecule has 1 heterocycles. The topological polar surface area (TPSA) is 4.93 Å². The van der Waals surface area contributed by atoms with E-state index in [2.05, 4.69) is 36.9 Å². The molecule has 21 heavy (non-hydrogen) atoms. The highest BCUT2D eigenvalue weighted by atomic mass is 14.9. The van der Waals surface area contributed by atoms with Gasteiger partial charge in [0.2, 0.25) is 0 Å². The maximum absolute atomic E-state index is 2.38. The monoisotopic (exact) mass is 291 g/mol. The molecule has 1 nitrogen and oxygen atoms in total. The lowest BCUT2D eigenvalue weighted by Gasteiger charge is -2.04. The fourth-order valence-electron chi connectivity index (χ4n) is 2.94. The van der Waals surface area contributed by atoms with Crippen LogP contribution in [0.5, 0.6) is 0 Å². The van der Waals surface area contributed by atoms with Crippen molar-refractivity contribution in [3.63, 3.8) is 0 Å². The molecule has 0 spiro atoms. The Bertz CT molecular complexity index is 326. The van der Waals surface area contributed by atoms with Crippen molar-refractivity contribution in [2.75, 3.05) is 0 Å². The van der Waals surface area contributed by atoms with E-state index in [1.807, 2.05) is 0 Å². The molecule has 0 saturated heterocycles. The Balaban J connectivity index is 1.91. The summed E-state index contributed by atoms with van der Waals surface area (Å²) in [4.78, 5) is 0. The van der Waals surface area contributed by atoms with Gasteiger partial charge < -0.3 is 4.57 Å². The molecule has 1 heteroatoms. The summed E-state index contributed by atoms with van der Waals surface area (Å²) in [5.41, 5.74) is 1.52. The van der Waals surface area contributed by atoms with Crippen LogP contribution in [-0.2, 0) is 13.0 Å². The first kappa shape index (κ1) is 18.3. The number of unbranched alkanes of at least 4 members (excludes halogenated alkanes) is 10. The van der Waals surface area contributed by atoms with Crippen molar-refractivity contribution in [2.24, 2.45) is 0 Å². The second kappa shape index (κ2) is 13.0. The van der Waals surface area contributed by atoms with E-state index in [-0.39, 0.29) is 0 Å². The number of nitrogens with zero attached hydrogens (tertiary/aromatic N) is 1. The third-order valence-electron chi connectivity index (χ3n) is 4.40. The van der Waals surface area contributed by atoms with Crippen LogP contribution >= 0.6 is 0 Å². The van der Waals surface area contributed by atoms with Crippen LogP contribution < -0.4 is 0 Å². The Morgan fingerprint density at radius 3 is 1.90 bits per heavy atom. The van der Waals surface area contributed by atoms with Gasteiger partial charge in [0.25, 0.3) is 0 Å². The van der Waals surface area contributed by atoms with Crippen molar-refractivity contribution < 1.29 is 0 Å². The van der Waals surface area contributed by atoms with E-state index >= 15 is 0 Å². The molecule has 0 bridgehead atoms. The Morgan fingerprint density at radius 2 is 1.29 bits per heavy atom. The van der Waals surface area contributed by atoms with E-state index in [0.29, 0.717) is 0 Å². The summed E-state index contributed by atoms with van der Waals surface area (Å²) < 4.78 is 2.38. The first-order chi connectivity index (χ1) is 10.4. The Kier molecular flexibility index (Phi) is 11.3. The summed E-state index contributed by atoms with van der Waals surface area (Å²) in [5.74, 6) is 0. The van der Waals surface area contributed by atoms with Crippen molar-refractivity contribution in [1.82, 2.24) is 4.57 Å². The lowest BCUT2D eigenvalue weighted by Crippen LogP contribution is -1.94. The quantitative estimate of drug-likeness (QED) is 0.334. The van der Waals surface area contributed by atoms with Gasteiger partial charge in [0.1, 0.15) is 0 Å². The molecule has 0 aliphatic carbocycles. The van der Waals surface area contributed by atoms with E-state index in [0.717, 1.165) is 0 Å². The predicted octanol–water partition coefficient (Wildman–Crippen LogP) is 6.75.